The van der Waals surface area contributed by atoms with Crippen LogP contribution in [0.1, 0.15) is 0 Å². The van der Waals surface area contributed by atoms with Gasteiger partial charge in [-0.15, -0.1) is 0 Å². The SMILES string of the molecule is C[Si](C)(C)/C=C/S. The van der Waals surface area contributed by atoms with E-state index in [1.807, 2.05) is 5.41 Å². The summed E-state index contributed by atoms with van der Waals surface area (Å²) in [6.07, 6.45) is 0. The van der Waals surface area contributed by atoms with Crippen LogP contribution in [0.25, 0.3) is 0 Å². The molecule has 7 heavy (non-hydrogen) atoms. The quantitative estimate of drug-likeness (QED) is 0.411. The van der Waals surface area contributed by atoms with E-state index >= 15 is 0 Å². The molecule has 0 aromatic carbocycles. The zero-order chi connectivity index (χ0) is 5.91. The van der Waals surface area contributed by atoms with Crippen molar-refractivity contribution >= 4 is 20.7 Å². The molecule has 0 saturated carbocycles. The summed E-state index contributed by atoms with van der Waals surface area (Å²) in [5.74, 6) is 0. The van der Waals surface area contributed by atoms with E-state index in [9.17, 15) is 0 Å². The van der Waals surface area contributed by atoms with Gasteiger partial charge in [0.05, 0.1) is 8.07 Å². The molecule has 0 heterocycles. The standard InChI is InChI=1S/C5H12SSi/c1-7(2,3)5-4-6/h4-6H,1-3H3/b5-4+. The largest absolute Gasteiger partial charge is 0.152 e. The normalized spacial score (nSPS) is 13.1. The molecule has 0 atom stereocenters. The van der Waals surface area contributed by atoms with Crippen LogP contribution in [0.3, 0.4) is 0 Å². The Morgan fingerprint density at radius 1 is 1.29 bits per heavy atom. The maximum Gasteiger partial charge on any atom is 0.0693 e. The molecular formula is C5H12SSi. The molecule has 0 spiro atoms. The first kappa shape index (κ1) is 7.31. The van der Waals surface area contributed by atoms with E-state index in [1.54, 1.807) is 0 Å². The Labute approximate surface area is 52.0 Å². The van der Waals surface area contributed by atoms with E-state index in [1.165, 1.54) is 0 Å². The highest BCUT2D eigenvalue weighted by molar-refractivity contribution is 7.83. The van der Waals surface area contributed by atoms with Crippen molar-refractivity contribution < 1.29 is 0 Å². The van der Waals surface area contributed by atoms with E-state index in [0.717, 1.165) is 0 Å². The highest BCUT2D eigenvalue weighted by Gasteiger charge is 2.04. The summed E-state index contributed by atoms with van der Waals surface area (Å²) >= 11 is 3.97. The van der Waals surface area contributed by atoms with E-state index in [0.29, 0.717) is 0 Å². The maximum atomic E-state index is 3.97. The minimum atomic E-state index is -0.914. The molecule has 0 nitrogen and oxygen atoms in total. The lowest BCUT2D eigenvalue weighted by Gasteiger charge is -2.05. The Hall–Kier alpha value is 0.307. The van der Waals surface area contributed by atoms with E-state index < -0.39 is 8.07 Å². The Kier molecular flexibility index (Phi) is 2.69. The van der Waals surface area contributed by atoms with Gasteiger partial charge in [-0.2, -0.15) is 12.6 Å². The molecule has 0 N–H and O–H groups in total. The average Bonchev–Trinajstić information content (AvgIpc) is 1.30. The van der Waals surface area contributed by atoms with E-state index in [-0.39, 0.29) is 0 Å². The predicted octanol–water partition coefficient (Wildman–Crippen LogP) is 2.31. The van der Waals surface area contributed by atoms with Gasteiger partial charge < -0.3 is 0 Å². The minimum absolute atomic E-state index is 0.914. The zero-order valence-corrected chi connectivity index (χ0v) is 7.00. The van der Waals surface area contributed by atoms with Crippen molar-refractivity contribution in [1.29, 1.82) is 0 Å². The Morgan fingerprint density at radius 2 is 1.71 bits per heavy atom. The fourth-order valence-corrected chi connectivity index (χ4v) is 2.01. The topological polar surface area (TPSA) is 0 Å². The first-order chi connectivity index (χ1) is 3.06. The molecule has 42 valence electrons. The third-order valence-electron chi connectivity index (χ3n) is 0.575. The van der Waals surface area contributed by atoms with Gasteiger partial charge in [0.1, 0.15) is 0 Å². The summed E-state index contributed by atoms with van der Waals surface area (Å²) in [5, 5.41) is 1.84. The second-order valence-corrected chi connectivity index (χ2v) is 8.05. The number of hydrogen-bond donors (Lipinski definition) is 1. The van der Waals surface area contributed by atoms with Gasteiger partial charge >= 0.3 is 0 Å². The molecule has 2 heteroatoms. The van der Waals surface area contributed by atoms with Gasteiger partial charge in [0.15, 0.2) is 0 Å². The van der Waals surface area contributed by atoms with Gasteiger partial charge in [0.2, 0.25) is 0 Å². The number of rotatable bonds is 1. The van der Waals surface area contributed by atoms with E-state index in [4.69, 9.17) is 0 Å². The van der Waals surface area contributed by atoms with Crippen molar-refractivity contribution in [3.63, 3.8) is 0 Å². The van der Waals surface area contributed by atoms with Gasteiger partial charge in [-0.3, -0.25) is 0 Å². The summed E-state index contributed by atoms with van der Waals surface area (Å²) in [7, 11) is -0.914. The van der Waals surface area contributed by atoms with E-state index in [2.05, 4.69) is 38.0 Å². The van der Waals surface area contributed by atoms with Crippen LogP contribution in [-0.2, 0) is 0 Å². The highest BCUT2D eigenvalue weighted by Crippen LogP contribution is 2.01. The molecule has 0 aromatic rings. The summed E-state index contributed by atoms with van der Waals surface area (Å²) in [6, 6.07) is 0. The fraction of sp³-hybridized carbons (Fsp3) is 0.600. The minimum Gasteiger partial charge on any atom is -0.152 e. The van der Waals surface area contributed by atoms with Crippen molar-refractivity contribution in [1.82, 2.24) is 0 Å². The second kappa shape index (κ2) is 2.57. The lowest BCUT2D eigenvalue weighted by molar-refractivity contribution is 1.78. The first-order valence-electron chi connectivity index (χ1n) is 2.38. The Balaban J connectivity index is 3.56. The fourth-order valence-electron chi connectivity index (χ4n) is 0.224. The maximum absolute atomic E-state index is 3.97. The van der Waals surface area contributed by atoms with Crippen LogP contribution in [0.4, 0.5) is 0 Å². The summed E-state index contributed by atoms with van der Waals surface area (Å²) < 4.78 is 0. The average molecular weight is 132 g/mol. The second-order valence-electron chi connectivity index (χ2n) is 2.68. The van der Waals surface area contributed by atoms with Crippen LogP contribution in [0, 0.1) is 0 Å². The molecule has 0 radical (unpaired) electrons. The molecule has 0 aliphatic carbocycles. The van der Waals surface area contributed by atoms with Crippen LogP contribution in [-0.4, -0.2) is 8.07 Å². The molecule has 0 aliphatic rings. The third-order valence-corrected chi connectivity index (χ3v) is 2.17. The number of hydrogen-bond acceptors (Lipinski definition) is 1. The van der Waals surface area contributed by atoms with Crippen LogP contribution in [0.5, 0.6) is 0 Å². The summed E-state index contributed by atoms with van der Waals surface area (Å²) in [6.45, 7) is 6.83. The lowest BCUT2D eigenvalue weighted by atomic mass is 11.2. The first-order valence-corrected chi connectivity index (χ1v) is 6.47. The van der Waals surface area contributed by atoms with Crippen LogP contribution < -0.4 is 0 Å². The molecule has 0 aromatic heterocycles. The smallest absolute Gasteiger partial charge is 0.0693 e. The zero-order valence-electron chi connectivity index (χ0n) is 5.10. The Bertz CT molecular complexity index is 70.6. The predicted molar refractivity (Wildman–Crippen MR) is 41.5 cm³/mol. The van der Waals surface area contributed by atoms with Gasteiger partial charge in [0, 0.05) is 0 Å². The van der Waals surface area contributed by atoms with Crippen molar-refractivity contribution in [3.05, 3.63) is 11.1 Å². The molecule has 0 saturated heterocycles. The van der Waals surface area contributed by atoms with Crippen LogP contribution in [0.2, 0.25) is 19.6 Å². The molecule has 0 aliphatic heterocycles. The highest BCUT2D eigenvalue weighted by atomic mass is 32.1. The van der Waals surface area contributed by atoms with Gasteiger partial charge in [-0.05, 0) is 5.41 Å². The van der Waals surface area contributed by atoms with Crippen molar-refractivity contribution in [2.45, 2.75) is 19.6 Å². The molecule has 0 amide bonds. The van der Waals surface area contributed by atoms with Crippen molar-refractivity contribution in [3.8, 4) is 0 Å². The summed E-state index contributed by atoms with van der Waals surface area (Å²) in [4.78, 5) is 0. The Morgan fingerprint density at radius 3 is 1.71 bits per heavy atom. The molecular weight excluding hydrogens is 120 g/mol. The third kappa shape index (κ3) is 6.31. The molecule has 0 rings (SSSR count). The van der Waals surface area contributed by atoms with Crippen LogP contribution in [0.15, 0.2) is 11.1 Å². The van der Waals surface area contributed by atoms with Gasteiger partial charge in [-0.25, -0.2) is 0 Å². The van der Waals surface area contributed by atoms with Crippen molar-refractivity contribution in [2.75, 3.05) is 0 Å². The number of thiol groups is 1. The summed E-state index contributed by atoms with van der Waals surface area (Å²) in [5.41, 5.74) is 2.19. The monoisotopic (exact) mass is 132 g/mol. The molecule has 0 fully saturated rings. The van der Waals surface area contributed by atoms with Gasteiger partial charge in [0.25, 0.3) is 0 Å². The lowest BCUT2D eigenvalue weighted by Crippen LogP contribution is -2.14. The molecule has 0 unspecified atom stereocenters. The van der Waals surface area contributed by atoms with Crippen molar-refractivity contribution in [2.24, 2.45) is 0 Å². The van der Waals surface area contributed by atoms with Gasteiger partial charge in [-0.1, -0.05) is 25.3 Å². The van der Waals surface area contributed by atoms with Crippen LogP contribution >= 0.6 is 12.6 Å². The molecule has 0 bridgehead atoms.